The van der Waals surface area contributed by atoms with Gasteiger partial charge < -0.3 is 9.84 Å². The van der Waals surface area contributed by atoms with E-state index in [-0.39, 0.29) is 6.10 Å². The molecule has 7 nitrogen and oxygen atoms in total. The maximum absolute atomic E-state index is 12.2. The summed E-state index contributed by atoms with van der Waals surface area (Å²) in [6.07, 6.45) is 0.538. The molecule has 2 aliphatic rings. The number of carbonyl (C=O) groups is 3. The highest BCUT2D eigenvalue weighted by Gasteiger charge is 2.55. The van der Waals surface area contributed by atoms with E-state index in [4.69, 9.17) is 4.74 Å². The van der Waals surface area contributed by atoms with E-state index in [1.54, 1.807) is 12.3 Å². The topological polar surface area (TPSA) is 105 Å². The van der Waals surface area contributed by atoms with Crippen LogP contribution in [-0.4, -0.2) is 35.1 Å². The Morgan fingerprint density at radius 2 is 1.91 bits per heavy atom. The third kappa shape index (κ3) is 2.48. The quantitative estimate of drug-likeness (QED) is 0.710. The lowest BCUT2D eigenvalue weighted by atomic mass is 9.79. The number of ether oxygens (including phenoxy) is 1. The summed E-state index contributed by atoms with van der Waals surface area (Å²) in [5, 5.41) is 11.1. The van der Waals surface area contributed by atoms with Gasteiger partial charge in [0.1, 0.15) is 0 Å². The Kier molecular flexibility index (Phi) is 3.88. The maximum atomic E-state index is 12.2. The summed E-state index contributed by atoms with van der Waals surface area (Å²) in [6.45, 7) is 1.80. The molecule has 3 N–H and O–H groups in total. The van der Waals surface area contributed by atoms with Crippen molar-refractivity contribution in [1.82, 2.24) is 10.9 Å². The molecule has 22 heavy (non-hydrogen) atoms. The molecule has 2 fully saturated rings. The van der Waals surface area contributed by atoms with Crippen molar-refractivity contribution in [3.63, 3.8) is 0 Å². The number of aliphatic carboxylic acids is 1. The molecular weight excluding hydrogens is 308 g/mol. The molecule has 0 spiro atoms. The Balaban J connectivity index is 1.63. The van der Waals surface area contributed by atoms with Gasteiger partial charge >= 0.3 is 5.97 Å². The molecule has 1 aromatic rings. The number of thiophene rings is 1. The first-order valence-corrected chi connectivity index (χ1v) is 7.89. The number of hydrogen-bond donors (Lipinski definition) is 3. The number of carboxylic acids is 1. The second kappa shape index (κ2) is 5.69. The van der Waals surface area contributed by atoms with Crippen molar-refractivity contribution in [1.29, 1.82) is 0 Å². The molecule has 0 saturated carbocycles. The average Bonchev–Trinajstić information content (AvgIpc) is 3.18. The van der Waals surface area contributed by atoms with Gasteiger partial charge in [0, 0.05) is 0 Å². The van der Waals surface area contributed by atoms with Crippen LogP contribution in [0.3, 0.4) is 0 Å². The van der Waals surface area contributed by atoms with E-state index in [1.807, 2.05) is 6.07 Å². The monoisotopic (exact) mass is 324 g/mol. The summed E-state index contributed by atoms with van der Waals surface area (Å²) < 4.78 is 5.53. The third-order valence-electron chi connectivity index (χ3n) is 4.23. The van der Waals surface area contributed by atoms with E-state index in [9.17, 15) is 19.5 Å². The maximum Gasteiger partial charge on any atom is 0.310 e. The molecule has 118 valence electrons. The smallest absolute Gasteiger partial charge is 0.310 e. The highest BCUT2D eigenvalue weighted by Crippen LogP contribution is 2.43. The highest BCUT2D eigenvalue weighted by atomic mass is 32.1. The molecule has 3 rings (SSSR count). The predicted molar refractivity (Wildman–Crippen MR) is 77.2 cm³/mol. The number of nitrogens with one attached hydrogen (secondary N) is 2. The van der Waals surface area contributed by atoms with Crippen LogP contribution in [0.15, 0.2) is 11.4 Å². The van der Waals surface area contributed by atoms with Gasteiger partial charge in [0.05, 0.1) is 28.9 Å². The van der Waals surface area contributed by atoms with Crippen molar-refractivity contribution < 1.29 is 24.2 Å². The molecule has 0 radical (unpaired) electrons. The minimum atomic E-state index is -1.03. The van der Waals surface area contributed by atoms with Crippen molar-refractivity contribution in [2.45, 2.75) is 32.0 Å². The Morgan fingerprint density at radius 3 is 2.50 bits per heavy atom. The van der Waals surface area contributed by atoms with Gasteiger partial charge in [-0.3, -0.25) is 25.2 Å². The first-order chi connectivity index (χ1) is 10.5. The van der Waals surface area contributed by atoms with Crippen LogP contribution in [-0.2, 0) is 14.3 Å². The molecule has 2 amide bonds. The number of carbonyl (C=O) groups excluding carboxylic acids is 2. The highest BCUT2D eigenvalue weighted by molar-refractivity contribution is 7.12. The van der Waals surface area contributed by atoms with Crippen LogP contribution in [0.2, 0.25) is 0 Å². The first-order valence-electron chi connectivity index (χ1n) is 7.01. The second-order valence-corrected chi connectivity index (χ2v) is 6.47. The van der Waals surface area contributed by atoms with E-state index >= 15 is 0 Å². The van der Waals surface area contributed by atoms with Gasteiger partial charge in [-0.2, -0.15) is 0 Å². The van der Waals surface area contributed by atoms with Crippen molar-refractivity contribution in [2.75, 3.05) is 0 Å². The number of hydrazine groups is 1. The number of amides is 2. The van der Waals surface area contributed by atoms with Crippen LogP contribution < -0.4 is 10.9 Å². The van der Waals surface area contributed by atoms with Gasteiger partial charge in [0.25, 0.3) is 5.91 Å². The van der Waals surface area contributed by atoms with Gasteiger partial charge in [-0.25, -0.2) is 0 Å². The fourth-order valence-electron chi connectivity index (χ4n) is 3.19. The molecular formula is C14H16N2O5S. The lowest BCUT2D eigenvalue weighted by molar-refractivity contribution is -0.148. The molecule has 8 heteroatoms. The third-order valence-corrected chi connectivity index (χ3v) is 5.24. The lowest BCUT2D eigenvalue weighted by Gasteiger charge is -2.23. The SMILES string of the molecule is Cc1ccsc1C(=O)NNC(=O)[C@H]1[C@@H](C(=O)O)[C@H]2CC[C@@H]1O2. The fraction of sp³-hybridized carbons (Fsp3) is 0.500. The zero-order chi connectivity index (χ0) is 15.9. The molecule has 0 unspecified atom stereocenters. The van der Waals surface area contributed by atoms with Crippen LogP contribution in [0.1, 0.15) is 28.1 Å². The Labute approximate surface area is 130 Å². The van der Waals surface area contributed by atoms with E-state index < -0.39 is 35.7 Å². The Bertz CT molecular complexity index is 629. The molecule has 2 saturated heterocycles. The Morgan fingerprint density at radius 1 is 1.23 bits per heavy atom. The largest absolute Gasteiger partial charge is 0.481 e. The van der Waals surface area contributed by atoms with E-state index in [1.165, 1.54) is 11.3 Å². The minimum absolute atomic E-state index is 0.383. The first kappa shape index (κ1) is 15.0. The molecule has 4 atom stereocenters. The molecule has 1 aromatic heterocycles. The predicted octanol–water partition coefficient (Wildman–Crippen LogP) is 0.696. The molecule has 0 aliphatic carbocycles. The van der Waals surface area contributed by atoms with Crippen LogP contribution in [0, 0.1) is 18.8 Å². The van der Waals surface area contributed by atoms with Crippen molar-refractivity contribution in [3.05, 3.63) is 21.9 Å². The molecule has 2 bridgehead atoms. The summed E-state index contributed by atoms with van der Waals surface area (Å²) in [7, 11) is 0. The minimum Gasteiger partial charge on any atom is -0.481 e. The summed E-state index contributed by atoms with van der Waals surface area (Å²) in [4.78, 5) is 36.0. The Hall–Kier alpha value is -1.93. The van der Waals surface area contributed by atoms with Gasteiger partial charge in [0.15, 0.2) is 0 Å². The summed E-state index contributed by atoms with van der Waals surface area (Å²) >= 11 is 1.28. The van der Waals surface area contributed by atoms with Crippen LogP contribution in [0.25, 0.3) is 0 Å². The zero-order valence-electron chi connectivity index (χ0n) is 11.9. The second-order valence-electron chi connectivity index (χ2n) is 5.56. The van der Waals surface area contributed by atoms with E-state index in [0.717, 1.165) is 5.56 Å². The van der Waals surface area contributed by atoms with Crippen molar-refractivity contribution in [3.8, 4) is 0 Å². The molecule has 0 aromatic carbocycles. The number of rotatable bonds is 3. The number of fused-ring (bicyclic) bond motifs is 2. The molecule has 3 heterocycles. The van der Waals surface area contributed by atoms with E-state index in [2.05, 4.69) is 10.9 Å². The lowest BCUT2D eigenvalue weighted by Crippen LogP contribution is -2.50. The summed E-state index contributed by atoms with van der Waals surface area (Å²) in [5.41, 5.74) is 5.50. The standard InChI is InChI=1S/C14H16N2O5S/c1-6-4-5-22-11(6)13(18)16-15-12(17)9-7-2-3-8(21-7)10(9)14(19)20/h4-5,7-10H,2-3H2,1H3,(H,15,17)(H,16,18)(H,19,20)/t7-,8+,9+,10-/m0/s1. The molecule has 2 aliphatic heterocycles. The fourth-order valence-corrected chi connectivity index (χ4v) is 4.01. The zero-order valence-corrected chi connectivity index (χ0v) is 12.7. The summed E-state index contributed by atoms with van der Waals surface area (Å²) in [5.74, 6) is -3.56. The average molecular weight is 324 g/mol. The number of aryl methyl sites for hydroxylation is 1. The van der Waals surface area contributed by atoms with Crippen LogP contribution in [0.4, 0.5) is 0 Å². The van der Waals surface area contributed by atoms with Gasteiger partial charge in [0.2, 0.25) is 5.91 Å². The van der Waals surface area contributed by atoms with Crippen LogP contribution in [0.5, 0.6) is 0 Å². The van der Waals surface area contributed by atoms with Gasteiger partial charge in [-0.05, 0) is 36.8 Å². The van der Waals surface area contributed by atoms with E-state index in [0.29, 0.717) is 17.7 Å². The van der Waals surface area contributed by atoms with Crippen molar-refractivity contribution >= 4 is 29.1 Å². The summed E-state index contributed by atoms with van der Waals surface area (Å²) in [6, 6.07) is 1.81. The van der Waals surface area contributed by atoms with Gasteiger partial charge in [-0.1, -0.05) is 0 Å². The van der Waals surface area contributed by atoms with Gasteiger partial charge in [-0.15, -0.1) is 11.3 Å². The number of hydrogen-bond acceptors (Lipinski definition) is 5. The normalized spacial score (nSPS) is 29.3. The number of carboxylic acid groups (broad SMARTS) is 1. The van der Waals surface area contributed by atoms with Crippen LogP contribution >= 0.6 is 11.3 Å². The van der Waals surface area contributed by atoms with Crippen molar-refractivity contribution in [2.24, 2.45) is 11.8 Å².